The maximum absolute atomic E-state index is 12.0. The van der Waals surface area contributed by atoms with E-state index in [9.17, 15) is 15.0 Å². The van der Waals surface area contributed by atoms with Gasteiger partial charge in [0.25, 0.3) is 0 Å². The molecule has 0 amide bonds. The number of rotatable bonds is 1. The third kappa shape index (κ3) is 2.01. The molecule has 96 valence electrons. The summed E-state index contributed by atoms with van der Waals surface area (Å²) in [6.07, 6.45) is 2.66. The summed E-state index contributed by atoms with van der Waals surface area (Å²) in [6.45, 7) is 0. The highest BCUT2D eigenvalue weighted by molar-refractivity contribution is 5.79. The van der Waals surface area contributed by atoms with Crippen LogP contribution in [0.25, 0.3) is 16.5 Å². The molecule has 0 saturated heterocycles. The molecule has 0 fully saturated rings. The van der Waals surface area contributed by atoms with E-state index in [0.717, 1.165) is 0 Å². The third-order valence-corrected chi connectivity index (χ3v) is 3.15. The van der Waals surface area contributed by atoms with E-state index in [4.69, 9.17) is 4.42 Å². The van der Waals surface area contributed by atoms with E-state index in [2.05, 4.69) is 0 Å². The summed E-state index contributed by atoms with van der Waals surface area (Å²) >= 11 is 0. The predicted octanol–water partition coefficient (Wildman–Crippen LogP) is 1.47. The Bertz CT molecular complexity index is 739. The van der Waals surface area contributed by atoms with Gasteiger partial charge in [0.1, 0.15) is 23.6 Å². The Labute approximate surface area is 108 Å². The second kappa shape index (κ2) is 4.50. The van der Waals surface area contributed by atoms with Gasteiger partial charge in [-0.15, -0.1) is 0 Å². The summed E-state index contributed by atoms with van der Waals surface area (Å²) in [4.78, 5) is 12.0. The van der Waals surface area contributed by atoms with Crippen molar-refractivity contribution in [3.05, 3.63) is 64.5 Å². The van der Waals surface area contributed by atoms with E-state index < -0.39 is 12.2 Å². The molecule has 2 aromatic rings. The van der Waals surface area contributed by atoms with Crippen molar-refractivity contribution in [2.45, 2.75) is 12.2 Å². The van der Waals surface area contributed by atoms with E-state index in [-0.39, 0.29) is 11.2 Å². The maximum Gasteiger partial charge on any atom is 0.193 e. The van der Waals surface area contributed by atoms with Gasteiger partial charge in [0.15, 0.2) is 5.43 Å². The zero-order chi connectivity index (χ0) is 13.4. The molecule has 4 heteroatoms. The first-order valence-corrected chi connectivity index (χ1v) is 5.94. The number of allylic oxidation sites excluding steroid dienone is 2. The lowest BCUT2D eigenvalue weighted by atomic mass is 9.96. The van der Waals surface area contributed by atoms with Gasteiger partial charge in [-0.05, 0) is 12.1 Å². The smallest absolute Gasteiger partial charge is 0.193 e. The van der Waals surface area contributed by atoms with Gasteiger partial charge in [-0.25, -0.2) is 0 Å². The minimum Gasteiger partial charge on any atom is -0.456 e. The molecule has 1 aromatic heterocycles. The monoisotopic (exact) mass is 256 g/mol. The van der Waals surface area contributed by atoms with Crippen LogP contribution in [0.2, 0.25) is 0 Å². The number of aliphatic hydroxyl groups excluding tert-OH is 2. The first-order chi connectivity index (χ1) is 9.16. The zero-order valence-corrected chi connectivity index (χ0v) is 9.98. The summed E-state index contributed by atoms with van der Waals surface area (Å²) in [5.74, 6) is 0.277. The van der Waals surface area contributed by atoms with E-state index in [0.29, 0.717) is 16.5 Å². The molecule has 2 N–H and O–H groups in total. The van der Waals surface area contributed by atoms with Crippen LogP contribution in [0, 0.1) is 0 Å². The van der Waals surface area contributed by atoms with Crippen LogP contribution in [0.5, 0.6) is 0 Å². The van der Waals surface area contributed by atoms with Crippen LogP contribution in [0.3, 0.4) is 0 Å². The van der Waals surface area contributed by atoms with Crippen LogP contribution in [0.1, 0.15) is 5.76 Å². The lowest BCUT2D eigenvalue weighted by Gasteiger charge is -2.20. The van der Waals surface area contributed by atoms with E-state index >= 15 is 0 Å². The second-order valence-corrected chi connectivity index (χ2v) is 4.41. The highest BCUT2D eigenvalue weighted by Gasteiger charge is 2.24. The molecule has 1 heterocycles. The lowest BCUT2D eigenvalue weighted by Crippen LogP contribution is -2.27. The Morgan fingerprint density at radius 1 is 1.16 bits per heavy atom. The molecule has 1 aliphatic carbocycles. The standard InChI is InChI=1S/C15H12O4/c16-11-6-3-5-10(15(11)18)14-8-12(17)9-4-1-2-7-13(9)19-14/h1-8,11,15-16,18H/t11-,15+/m0/s1. The number of hydrogen-bond donors (Lipinski definition) is 2. The van der Waals surface area contributed by atoms with Crippen LogP contribution < -0.4 is 5.43 Å². The number of hydrogen-bond acceptors (Lipinski definition) is 4. The van der Waals surface area contributed by atoms with Crippen LogP contribution in [0.4, 0.5) is 0 Å². The largest absolute Gasteiger partial charge is 0.456 e. The number of fused-ring (bicyclic) bond motifs is 1. The quantitative estimate of drug-likeness (QED) is 0.810. The van der Waals surface area contributed by atoms with E-state index in [1.54, 1.807) is 36.4 Å². The molecular weight excluding hydrogens is 244 g/mol. The fourth-order valence-electron chi connectivity index (χ4n) is 2.13. The van der Waals surface area contributed by atoms with Crippen molar-refractivity contribution in [3.63, 3.8) is 0 Å². The van der Waals surface area contributed by atoms with Crippen molar-refractivity contribution in [1.29, 1.82) is 0 Å². The molecule has 1 aromatic carbocycles. The van der Waals surface area contributed by atoms with Gasteiger partial charge in [-0.3, -0.25) is 4.79 Å². The van der Waals surface area contributed by atoms with Crippen molar-refractivity contribution in [2.75, 3.05) is 0 Å². The summed E-state index contributed by atoms with van der Waals surface area (Å²) in [6, 6.07) is 8.26. The first-order valence-electron chi connectivity index (χ1n) is 5.94. The Balaban J connectivity index is 2.19. The highest BCUT2D eigenvalue weighted by Crippen LogP contribution is 2.25. The molecule has 0 spiro atoms. The van der Waals surface area contributed by atoms with Crippen molar-refractivity contribution >= 4 is 16.5 Å². The fraction of sp³-hybridized carbons (Fsp3) is 0.133. The second-order valence-electron chi connectivity index (χ2n) is 4.41. The van der Waals surface area contributed by atoms with Crippen molar-refractivity contribution in [3.8, 4) is 0 Å². The highest BCUT2D eigenvalue weighted by atomic mass is 16.3. The maximum atomic E-state index is 12.0. The molecule has 2 atom stereocenters. The topological polar surface area (TPSA) is 70.7 Å². The van der Waals surface area contributed by atoms with Gasteiger partial charge in [-0.1, -0.05) is 30.4 Å². The SMILES string of the molecule is O=c1cc(C2=CC=C[C@H](O)[C@@H]2O)oc2ccccc12. The minimum atomic E-state index is -1.09. The molecule has 1 aliphatic rings. The molecule has 0 aliphatic heterocycles. The van der Waals surface area contributed by atoms with Crippen molar-refractivity contribution in [2.24, 2.45) is 0 Å². The molecule has 0 saturated carbocycles. The average molecular weight is 256 g/mol. The first kappa shape index (κ1) is 11.9. The predicted molar refractivity (Wildman–Crippen MR) is 71.6 cm³/mol. The minimum absolute atomic E-state index is 0.172. The van der Waals surface area contributed by atoms with Crippen molar-refractivity contribution in [1.82, 2.24) is 0 Å². The molecule has 0 unspecified atom stereocenters. The molecular formula is C15H12O4. The lowest BCUT2D eigenvalue weighted by molar-refractivity contribution is 0.0849. The number of aliphatic hydroxyl groups is 2. The fourth-order valence-corrected chi connectivity index (χ4v) is 2.13. The van der Waals surface area contributed by atoms with Gasteiger partial charge in [0, 0.05) is 11.6 Å². The Kier molecular flexibility index (Phi) is 2.81. The number of para-hydroxylation sites is 1. The van der Waals surface area contributed by atoms with E-state index in [1.807, 2.05) is 0 Å². The van der Waals surface area contributed by atoms with Gasteiger partial charge in [0.05, 0.1) is 5.39 Å². The molecule has 0 bridgehead atoms. The van der Waals surface area contributed by atoms with Crippen LogP contribution >= 0.6 is 0 Å². The van der Waals surface area contributed by atoms with Gasteiger partial charge in [-0.2, -0.15) is 0 Å². The van der Waals surface area contributed by atoms with E-state index in [1.165, 1.54) is 12.1 Å². The summed E-state index contributed by atoms with van der Waals surface area (Å²) in [5.41, 5.74) is 0.689. The van der Waals surface area contributed by atoms with Crippen LogP contribution in [-0.4, -0.2) is 22.4 Å². The van der Waals surface area contributed by atoms with Gasteiger partial charge >= 0.3 is 0 Å². The van der Waals surface area contributed by atoms with Gasteiger partial charge < -0.3 is 14.6 Å². The molecule has 19 heavy (non-hydrogen) atoms. The van der Waals surface area contributed by atoms with Gasteiger partial charge in [0.2, 0.25) is 0 Å². The summed E-state index contributed by atoms with van der Waals surface area (Å²) in [7, 11) is 0. The zero-order valence-electron chi connectivity index (χ0n) is 9.98. The number of benzene rings is 1. The normalized spacial score (nSPS) is 22.5. The Morgan fingerprint density at radius 3 is 2.79 bits per heavy atom. The summed E-state index contributed by atoms with van der Waals surface area (Å²) in [5, 5.41) is 20.0. The summed E-state index contributed by atoms with van der Waals surface area (Å²) < 4.78 is 5.63. The average Bonchev–Trinajstić information content (AvgIpc) is 2.42. The Morgan fingerprint density at radius 2 is 1.95 bits per heavy atom. The third-order valence-electron chi connectivity index (χ3n) is 3.15. The molecule has 0 radical (unpaired) electrons. The van der Waals surface area contributed by atoms with Crippen molar-refractivity contribution < 1.29 is 14.6 Å². The molecule has 3 rings (SSSR count). The van der Waals surface area contributed by atoms with Crippen LogP contribution in [0.15, 0.2) is 57.8 Å². The molecule has 4 nitrogen and oxygen atoms in total. The van der Waals surface area contributed by atoms with Crippen LogP contribution in [-0.2, 0) is 0 Å². The Hall–Kier alpha value is -2.17.